The van der Waals surface area contributed by atoms with Crippen LogP contribution in [0.1, 0.15) is 50.5 Å². The van der Waals surface area contributed by atoms with Gasteiger partial charge in [-0.1, -0.05) is 6.07 Å². The fraction of sp³-hybridized carbons (Fsp3) is 0.500. The van der Waals surface area contributed by atoms with E-state index in [1.807, 2.05) is 0 Å². The van der Waals surface area contributed by atoms with Crippen LogP contribution in [0.2, 0.25) is 0 Å². The lowest BCUT2D eigenvalue weighted by molar-refractivity contribution is -0.145. The van der Waals surface area contributed by atoms with Crippen LogP contribution in [0.15, 0.2) is 18.2 Å². The Morgan fingerprint density at radius 2 is 1.88 bits per heavy atom. The molecule has 2 N–H and O–H groups in total. The second kappa shape index (κ2) is 8.50. The number of benzene rings is 1. The first-order chi connectivity index (χ1) is 11.5. The van der Waals surface area contributed by atoms with Gasteiger partial charge in [0.25, 0.3) is 0 Å². The molecule has 0 fully saturated rings. The van der Waals surface area contributed by atoms with Gasteiger partial charge >= 0.3 is 12.1 Å². The summed E-state index contributed by atoms with van der Waals surface area (Å²) >= 11 is 0. The minimum Gasteiger partial charge on any atom is -0.507 e. The van der Waals surface area contributed by atoms with Gasteiger partial charge in [-0.05, 0) is 52.3 Å². The van der Waals surface area contributed by atoms with Gasteiger partial charge in [0.2, 0.25) is 0 Å². The van der Waals surface area contributed by atoms with Gasteiger partial charge in [0.15, 0.2) is 5.78 Å². The molecule has 0 spiro atoms. The Bertz CT molecular complexity index is 647. The zero-order valence-corrected chi connectivity index (χ0v) is 15.2. The minimum absolute atomic E-state index is 0.0959. The predicted octanol–water partition coefficient (Wildman–Crippen LogP) is 2.59. The number of aromatic hydroxyl groups is 1. The molecular formula is C18H25NO6. The van der Waals surface area contributed by atoms with E-state index in [0.29, 0.717) is 5.56 Å². The molecule has 1 aromatic carbocycles. The third-order valence-electron chi connectivity index (χ3n) is 3.14. The average molecular weight is 351 g/mol. The van der Waals surface area contributed by atoms with Crippen LogP contribution in [0.5, 0.6) is 5.75 Å². The zero-order chi connectivity index (χ0) is 19.2. The van der Waals surface area contributed by atoms with Gasteiger partial charge < -0.3 is 19.9 Å². The Labute approximate surface area is 147 Å². The molecule has 0 saturated carbocycles. The topological polar surface area (TPSA) is 102 Å². The number of phenolic OH excluding ortho intramolecular Hbond substituents is 1. The van der Waals surface area contributed by atoms with E-state index >= 15 is 0 Å². The molecule has 0 aliphatic carbocycles. The van der Waals surface area contributed by atoms with E-state index in [2.05, 4.69) is 5.32 Å². The lowest BCUT2D eigenvalue weighted by Crippen LogP contribution is -2.45. The third-order valence-corrected chi connectivity index (χ3v) is 3.14. The summed E-state index contributed by atoms with van der Waals surface area (Å²) in [5.41, 5.74) is 0.0402. The number of hydrogen-bond donors (Lipinski definition) is 2. The summed E-state index contributed by atoms with van der Waals surface area (Å²) in [5.74, 6) is -1.04. The second-order valence-electron chi connectivity index (χ2n) is 6.56. The molecule has 0 saturated heterocycles. The van der Waals surface area contributed by atoms with Crippen molar-refractivity contribution in [2.75, 3.05) is 6.61 Å². The molecule has 0 aliphatic rings. The van der Waals surface area contributed by atoms with Crippen molar-refractivity contribution < 1.29 is 29.0 Å². The smallest absolute Gasteiger partial charge is 0.408 e. The van der Waals surface area contributed by atoms with Crippen molar-refractivity contribution in [1.29, 1.82) is 0 Å². The molecular weight excluding hydrogens is 326 g/mol. The maximum absolute atomic E-state index is 12.1. The molecule has 7 heteroatoms. The maximum Gasteiger partial charge on any atom is 0.408 e. The molecule has 25 heavy (non-hydrogen) atoms. The number of phenols is 1. The van der Waals surface area contributed by atoms with E-state index < -0.39 is 23.7 Å². The van der Waals surface area contributed by atoms with E-state index in [-0.39, 0.29) is 30.1 Å². The summed E-state index contributed by atoms with van der Waals surface area (Å²) in [6.45, 7) is 8.30. The number of amides is 1. The van der Waals surface area contributed by atoms with Crippen molar-refractivity contribution in [2.24, 2.45) is 0 Å². The van der Waals surface area contributed by atoms with Crippen molar-refractivity contribution in [3.05, 3.63) is 29.3 Å². The highest BCUT2D eigenvalue weighted by atomic mass is 16.6. The van der Waals surface area contributed by atoms with Crippen LogP contribution >= 0.6 is 0 Å². The van der Waals surface area contributed by atoms with Gasteiger partial charge in [-0.15, -0.1) is 0 Å². The molecule has 0 aromatic heterocycles. The monoisotopic (exact) mass is 351 g/mol. The first-order valence-corrected chi connectivity index (χ1v) is 8.02. The van der Waals surface area contributed by atoms with Gasteiger partial charge in [-0.2, -0.15) is 0 Å². The highest BCUT2D eigenvalue weighted by Gasteiger charge is 2.26. The summed E-state index contributed by atoms with van der Waals surface area (Å²) in [6, 6.07) is 3.46. The van der Waals surface area contributed by atoms with Gasteiger partial charge in [0.1, 0.15) is 17.4 Å². The normalized spacial score (nSPS) is 12.2. The van der Waals surface area contributed by atoms with Crippen molar-refractivity contribution in [3.63, 3.8) is 0 Å². The van der Waals surface area contributed by atoms with Crippen LogP contribution in [0.4, 0.5) is 4.79 Å². The molecule has 138 valence electrons. The molecule has 0 aliphatic heterocycles. The summed E-state index contributed by atoms with van der Waals surface area (Å²) in [6.07, 6.45) is -0.644. The number of alkyl carbamates (subject to hydrolysis) is 1. The first kappa shape index (κ1) is 20.5. The maximum atomic E-state index is 12.1. The lowest BCUT2D eigenvalue weighted by Gasteiger charge is -2.23. The highest BCUT2D eigenvalue weighted by Crippen LogP contribution is 2.20. The van der Waals surface area contributed by atoms with Crippen LogP contribution in [-0.2, 0) is 20.7 Å². The number of rotatable bonds is 6. The highest BCUT2D eigenvalue weighted by molar-refractivity contribution is 5.96. The first-order valence-electron chi connectivity index (χ1n) is 8.02. The predicted molar refractivity (Wildman–Crippen MR) is 91.6 cm³/mol. The zero-order valence-electron chi connectivity index (χ0n) is 15.2. The number of esters is 1. The van der Waals surface area contributed by atoms with Crippen LogP contribution in [0, 0.1) is 0 Å². The SMILES string of the molecule is CCOC(=O)[C@H](Cc1ccc(O)c(C(C)=O)c1)NC(=O)OC(C)(C)C. The van der Waals surface area contributed by atoms with Crippen LogP contribution in [0.25, 0.3) is 0 Å². The van der Waals surface area contributed by atoms with Crippen molar-refractivity contribution in [2.45, 2.75) is 52.7 Å². The van der Waals surface area contributed by atoms with Crippen molar-refractivity contribution in [3.8, 4) is 5.75 Å². The Morgan fingerprint density at radius 3 is 2.40 bits per heavy atom. The summed E-state index contributed by atoms with van der Waals surface area (Å²) in [5, 5.41) is 12.2. The van der Waals surface area contributed by atoms with Crippen LogP contribution in [-0.4, -0.2) is 41.2 Å². The van der Waals surface area contributed by atoms with E-state index in [9.17, 15) is 19.5 Å². The Hall–Kier alpha value is -2.57. The molecule has 1 amide bonds. The lowest BCUT2D eigenvalue weighted by atomic mass is 10.0. The summed E-state index contributed by atoms with van der Waals surface area (Å²) < 4.78 is 10.1. The quantitative estimate of drug-likeness (QED) is 0.603. The fourth-order valence-electron chi connectivity index (χ4n) is 2.11. The molecule has 0 radical (unpaired) electrons. The second-order valence-corrected chi connectivity index (χ2v) is 6.56. The van der Waals surface area contributed by atoms with Crippen LogP contribution < -0.4 is 5.32 Å². The molecule has 1 aromatic rings. The number of ketones is 1. The number of Topliss-reactive ketones (excluding diaryl/α,β-unsaturated/α-hetero) is 1. The molecule has 7 nitrogen and oxygen atoms in total. The van der Waals surface area contributed by atoms with Gasteiger partial charge in [-0.3, -0.25) is 4.79 Å². The van der Waals surface area contributed by atoms with E-state index in [0.717, 1.165) is 0 Å². The van der Waals surface area contributed by atoms with Crippen LogP contribution in [0.3, 0.4) is 0 Å². The van der Waals surface area contributed by atoms with E-state index in [4.69, 9.17) is 9.47 Å². The van der Waals surface area contributed by atoms with Crippen molar-refractivity contribution >= 4 is 17.8 Å². The van der Waals surface area contributed by atoms with Gasteiger partial charge in [0, 0.05) is 6.42 Å². The number of nitrogens with one attached hydrogen (secondary N) is 1. The Kier molecular flexibility index (Phi) is 6.97. The summed E-state index contributed by atoms with van der Waals surface area (Å²) in [7, 11) is 0. The Balaban J connectivity index is 2.98. The van der Waals surface area contributed by atoms with E-state index in [1.54, 1.807) is 33.8 Å². The number of carbonyl (C=O) groups is 3. The van der Waals surface area contributed by atoms with E-state index in [1.165, 1.54) is 19.1 Å². The molecule has 0 heterocycles. The van der Waals surface area contributed by atoms with Crippen molar-refractivity contribution in [1.82, 2.24) is 5.32 Å². The Morgan fingerprint density at radius 1 is 1.24 bits per heavy atom. The van der Waals surface area contributed by atoms with Gasteiger partial charge in [0.05, 0.1) is 12.2 Å². The largest absolute Gasteiger partial charge is 0.507 e. The average Bonchev–Trinajstić information content (AvgIpc) is 2.46. The number of carbonyl (C=O) groups excluding carboxylic acids is 3. The molecule has 0 unspecified atom stereocenters. The molecule has 1 atom stereocenters. The standard InChI is InChI=1S/C18H25NO6/c1-6-24-16(22)14(19-17(23)25-18(3,4)5)10-12-7-8-15(21)13(9-12)11(2)20/h7-9,14,21H,6,10H2,1-5H3,(H,19,23)/t14-/m0/s1. The molecule has 1 rings (SSSR count). The fourth-order valence-corrected chi connectivity index (χ4v) is 2.11. The number of ether oxygens (including phenoxy) is 2. The minimum atomic E-state index is -0.973. The summed E-state index contributed by atoms with van der Waals surface area (Å²) in [4.78, 5) is 35.6. The third kappa shape index (κ3) is 6.82. The van der Waals surface area contributed by atoms with Gasteiger partial charge in [-0.25, -0.2) is 9.59 Å². The molecule has 0 bridgehead atoms. The number of hydrogen-bond acceptors (Lipinski definition) is 6.